The molecule has 0 unspecified atom stereocenters. The molecular formula is C15H19N4OS2+. The molecule has 0 spiro atoms. The van der Waals surface area contributed by atoms with Crippen molar-refractivity contribution >= 4 is 27.6 Å². The van der Waals surface area contributed by atoms with E-state index in [9.17, 15) is 5.11 Å². The fourth-order valence-corrected chi connectivity index (χ4v) is 5.66. The van der Waals surface area contributed by atoms with Crippen molar-refractivity contribution in [3.05, 3.63) is 32.6 Å². The number of likely N-dealkylation sites (tertiary alicyclic amines) is 1. The molecule has 0 saturated carbocycles. The zero-order valence-electron chi connectivity index (χ0n) is 12.7. The minimum atomic E-state index is 0.205. The van der Waals surface area contributed by atoms with Crippen molar-refractivity contribution < 1.29 is 10.0 Å². The van der Waals surface area contributed by atoms with E-state index in [0.29, 0.717) is 5.82 Å². The second-order valence-electron chi connectivity index (χ2n) is 5.91. The molecule has 1 fully saturated rings. The van der Waals surface area contributed by atoms with Gasteiger partial charge in [0.25, 0.3) is 0 Å². The van der Waals surface area contributed by atoms with E-state index in [1.165, 1.54) is 23.3 Å². The summed E-state index contributed by atoms with van der Waals surface area (Å²) in [6.07, 6.45) is 2.52. The summed E-state index contributed by atoms with van der Waals surface area (Å²) in [6.45, 7) is 6.33. The SMILES string of the molecule is Cc1nc2sc([C@H](c3sccc3C)[NH+]3CCCC3)c(O)n2n1. The molecule has 1 atom stereocenters. The maximum Gasteiger partial charge on any atom is 0.235 e. The maximum atomic E-state index is 10.7. The topological polar surface area (TPSA) is 54.9 Å². The number of hydrogen-bond donors (Lipinski definition) is 2. The number of rotatable bonds is 3. The largest absolute Gasteiger partial charge is 0.492 e. The van der Waals surface area contributed by atoms with Gasteiger partial charge in [-0.1, -0.05) is 11.3 Å². The fraction of sp³-hybridized carbons (Fsp3) is 0.467. The summed E-state index contributed by atoms with van der Waals surface area (Å²) >= 11 is 3.36. The molecule has 0 aromatic carbocycles. The van der Waals surface area contributed by atoms with Crippen LogP contribution in [0, 0.1) is 13.8 Å². The predicted octanol–water partition coefficient (Wildman–Crippen LogP) is 1.94. The van der Waals surface area contributed by atoms with E-state index in [2.05, 4.69) is 28.5 Å². The molecule has 0 amide bonds. The Hall–Kier alpha value is -1.44. The van der Waals surface area contributed by atoms with Gasteiger partial charge in [-0.2, -0.15) is 4.52 Å². The Labute approximate surface area is 136 Å². The Balaban J connectivity index is 1.86. The first-order valence-electron chi connectivity index (χ1n) is 7.58. The van der Waals surface area contributed by atoms with Crippen LogP contribution in [0.5, 0.6) is 5.88 Å². The molecule has 22 heavy (non-hydrogen) atoms. The third kappa shape index (κ3) is 2.15. The standard InChI is InChI=1S/C15H18N4OS2/c1-9-5-8-21-12(9)11(18-6-3-4-7-18)13-14(20)19-15(22-13)16-10(2)17-19/h5,8,11,20H,3-4,6-7H2,1-2H3/p+1/t11-/m0/s1. The van der Waals surface area contributed by atoms with Gasteiger partial charge in [0, 0.05) is 12.8 Å². The summed E-state index contributed by atoms with van der Waals surface area (Å²) in [5.41, 5.74) is 1.31. The van der Waals surface area contributed by atoms with Gasteiger partial charge < -0.3 is 10.0 Å². The zero-order valence-corrected chi connectivity index (χ0v) is 14.3. The van der Waals surface area contributed by atoms with Crippen molar-refractivity contribution in [1.29, 1.82) is 0 Å². The molecule has 2 N–H and O–H groups in total. The number of nitrogens with zero attached hydrogens (tertiary/aromatic N) is 3. The van der Waals surface area contributed by atoms with Crippen molar-refractivity contribution in [2.75, 3.05) is 13.1 Å². The molecule has 1 aliphatic heterocycles. The van der Waals surface area contributed by atoms with E-state index in [0.717, 1.165) is 22.9 Å². The predicted molar refractivity (Wildman–Crippen MR) is 88.1 cm³/mol. The fourth-order valence-electron chi connectivity index (χ4n) is 3.32. The number of aromatic nitrogens is 3. The average molecular weight is 335 g/mol. The molecule has 5 nitrogen and oxygen atoms in total. The molecule has 3 aromatic rings. The van der Waals surface area contributed by atoms with Gasteiger partial charge in [0.15, 0.2) is 6.04 Å². The van der Waals surface area contributed by atoms with Crippen LogP contribution in [0.3, 0.4) is 0 Å². The third-order valence-corrected chi connectivity index (χ3v) is 6.55. The summed E-state index contributed by atoms with van der Waals surface area (Å²) in [7, 11) is 0. The highest BCUT2D eigenvalue weighted by Gasteiger charge is 2.35. The summed E-state index contributed by atoms with van der Waals surface area (Å²) in [5, 5.41) is 17.1. The first-order chi connectivity index (χ1) is 10.6. The van der Waals surface area contributed by atoms with Gasteiger partial charge in [0.1, 0.15) is 10.7 Å². The van der Waals surface area contributed by atoms with Gasteiger partial charge in [-0.05, 0) is 30.9 Å². The van der Waals surface area contributed by atoms with Crippen LogP contribution in [0.4, 0.5) is 0 Å². The monoisotopic (exact) mass is 335 g/mol. The van der Waals surface area contributed by atoms with E-state index in [1.807, 2.05) is 6.92 Å². The van der Waals surface area contributed by atoms with Crippen LogP contribution in [0.2, 0.25) is 0 Å². The molecule has 4 heterocycles. The smallest absolute Gasteiger partial charge is 0.235 e. The summed E-state index contributed by atoms with van der Waals surface area (Å²) in [6, 6.07) is 2.37. The number of quaternary nitrogens is 1. The highest BCUT2D eigenvalue weighted by molar-refractivity contribution is 7.17. The number of hydrogen-bond acceptors (Lipinski definition) is 5. The van der Waals surface area contributed by atoms with Crippen molar-refractivity contribution in [3.63, 3.8) is 0 Å². The lowest BCUT2D eigenvalue weighted by Crippen LogP contribution is -3.10. The molecule has 4 rings (SSSR count). The highest BCUT2D eigenvalue weighted by atomic mass is 32.1. The molecule has 1 saturated heterocycles. The second kappa shape index (κ2) is 5.33. The van der Waals surface area contributed by atoms with Crippen LogP contribution in [0.1, 0.15) is 40.0 Å². The number of fused-ring (bicyclic) bond motifs is 1. The Morgan fingerprint density at radius 2 is 2.05 bits per heavy atom. The number of nitrogens with one attached hydrogen (secondary N) is 1. The average Bonchev–Trinajstić information content (AvgIpc) is 3.23. The number of aryl methyl sites for hydroxylation is 2. The van der Waals surface area contributed by atoms with Crippen LogP contribution < -0.4 is 4.90 Å². The van der Waals surface area contributed by atoms with E-state index in [4.69, 9.17) is 0 Å². The highest BCUT2D eigenvalue weighted by Crippen LogP contribution is 2.37. The normalized spacial score (nSPS) is 17.5. The Kier molecular flexibility index (Phi) is 3.43. The van der Waals surface area contributed by atoms with Crippen LogP contribution in [0.15, 0.2) is 11.4 Å². The van der Waals surface area contributed by atoms with Gasteiger partial charge in [-0.15, -0.1) is 16.4 Å². The van der Waals surface area contributed by atoms with E-state index in [-0.39, 0.29) is 11.9 Å². The number of thiazole rings is 1. The summed E-state index contributed by atoms with van der Waals surface area (Å²) < 4.78 is 1.58. The molecule has 1 aliphatic rings. The molecule has 7 heteroatoms. The van der Waals surface area contributed by atoms with Crippen molar-refractivity contribution in [3.8, 4) is 5.88 Å². The number of aromatic hydroxyl groups is 1. The quantitative estimate of drug-likeness (QED) is 0.769. The van der Waals surface area contributed by atoms with E-state index in [1.54, 1.807) is 32.1 Å². The third-order valence-electron chi connectivity index (χ3n) is 4.39. The van der Waals surface area contributed by atoms with Gasteiger partial charge in [0.2, 0.25) is 10.8 Å². The first kappa shape index (κ1) is 14.2. The van der Waals surface area contributed by atoms with Crippen molar-refractivity contribution in [2.24, 2.45) is 0 Å². The second-order valence-corrected chi connectivity index (χ2v) is 7.87. The van der Waals surface area contributed by atoms with Crippen molar-refractivity contribution in [2.45, 2.75) is 32.7 Å². The summed E-state index contributed by atoms with van der Waals surface area (Å²) in [4.78, 5) is 9.09. The maximum absolute atomic E-state index is 10.7. The van der Waals surface area contributed by atoms with Crippen LogP contribution in [-0.4, -0.2) is 32.8 Å². The van der Waals surface area contributed by atoms with Crippen LogP contribution in [0.25, 0.3) is 4.96 Å². The lowest BCUT2D eigenvalue weighted by atomic mass is 10.1. The summed E-state index contributed by atoms with van der Waals surface area (Å²) in [5.74, 6) is 0.961. The Bertz CT molecular complexity index is 813. The number of thiophene rings is 1. The van der Waals surface area contributed by atoms with Gasteiger partial charge in [-0.3, -0.25) is 0 Å². The molecule has 0 bridgehead atoms. The van der Waals surface area contributed by atoms with Crippen LogP contribution >= 0.6 is 22.7 Å². The van der Waals surface area contributed by atoms with E-state index < -0.39 is 0 Å². The van der Waals surface area contributed by atoms with Gasteiger partial charge in [-0.25, -0.2) is 4.98 Å². The molecule has 3 aromatic heterocycles. The van der Waals surface area contributed by atoms with E-state index >= 15 is 0 Å². The molecule has 0 aliphatic carbocycles. The van der Waals surface area contributed by atoms with Gasteiger partial charge >= 0.3 is 0 Å². The van der Waals surface area contributed by atoms with Crippen molar-refractivity contribution in [1.82, 2.24) is 14.6 Å². The molecule has 0 radical (unpaired) electrons. The zero-order chi connectivity index (χ0) is 15.3. The lowest BCUT2D eigenvalue weighted by molar-refractivity contribution is -0.912. The Morgan fingerprint density at radius 3 is 2.68 bits per heavy atom. The first-order valence-corrected chi connectivity index (χ1v) is 9.28. The van der Waals surface area contributed by atoms with Crippen LogP contribution in [-0.2, 0) is 0 Å². The molecular weight excluding hydrogens is 316 g/mol. The lowest BCUT2D eigenvalue weighted by Gasteiger charge is -2.23. The minimum Gasteiger partial charge on any atom is -0.492 e. The Morgan fingerprint density at radius 1 is 1.27 bits per heavy atom. The van der Waals surface area contributed by atoms with Gasteiger partial charge in [0.05, 0.1) is 18.0 Å². The minimum absolute atomic E-state index is 0.205. The molecule has 116 valence electrons.